The van der Waals surface area contributed by atoms with Crippen molar-refractivity contribution < 1.29 is 9.53 Å². The van der Waals surface area contributed by atoms with Crippen LogP contribution in [0.1, 0.15) is 21.6 Å². The van der Waals surface area contributed by atoms with Crippen LogP contribution in [-0.2, 0) is 0 Å². The molecule has 4 nitrogen and oxygen atoms in total. The summed E-state index contributed by atoms with van der Waals surface area (Å²) in [4.78, 5) is 14.6. The Morgan fingerprint density at radius 2 is 1.60 bits per heavy atom. The maximum absolute atomic E-state index is 12.9. The van der Waals surface area contributed by atoms with Gasteiger partial charge in [-0.05, 0) is 62.4 Å². The topological polar surface area (TPSA) is 44.1 Å². The summed E-state index contributed by atoms with van der Waals surface area (Å²) in [5.74, 6) is -0.0331. The summed E-state index contributed by atoms with van der Waals surface area (Å²) in [6, 6.07) is 24.4. The fourth-order valence-electron chi connectivity index (χ4n) is 2.90. The lowest BCUT2D eigenvalue weighted by atomic mass is 10.1. The van der Waals surface area contributed by atoms with Crippen molar-refractivity contribution in [3.05, 3.63) is 101 Å². The molecule has 0 fully saturated rings. The predicted octanol–water partition coefficient (Wildman–Crippen LogP) is 6.51. The van der Waals surface area contributed by atoms with Gasteiger partial charge in [0.2, 0.25) is 5.88 Å². The first-order valence-electron chi connectivity index (χ1n) is 9.38. The van der Waals surface area contributed by atoms with Gasteiger partial charge in [0.25, 0.3) is 0 Å². The highest BCUT2D eigenvalue weighted by Gasteiger charge is 2.22. The summed E-state index contributed by atoms with van der Waals surface area (Å²) in [7, 11) is 0. The lowest BCUT2D eigenvalue weighted by Crippen LogP contribution is -2.12. The monoisotopic (exact) mass is 434 g/mol. The van der Waals surface area contributed by atoms with Crippen LogP contribution in [0.5, 0.6) is 5.88 Å². The molecule has 0 radical (unpaired) electrons. The van der Waals surface area contributed by atoms with Crippen LogP contribution in [0.2, 0.25) is 5.02 Å². The van der Waals surface area contributed by atoms with Crippen molar-refractivity contribution in [1.82, 2.24) is 9.78 Å². The van der Waals surface area contributed by atoms with Gasteiger partial charge >= 0.3 is 5.97 Å². The van der Waals surface area contributed by atoms with Crippen molar-refractivity contribution in [1.29, 1.82) is 0 Å². The summed E-state index contributed by atoms with van der Waals surface area (Å²) in [6.45, 7) is 3.88. The van der Waals surface area contributed by atoms with Crippen molar-refractivity contribution in [3.8, 4) is 11.6 Å². The van der Waals surface area contributed by atoms with E-state index in [0.717, 1.165) is 26.7 Å². The minimum absolute atomic E-state index is 0.393. The van der Waals surface area contributed by atoms with Gasteiger partial charge in [-0.2, -0.15) is 9.78 Å². The Labute approximate surface area is 184 Å². The molecule has 0 spiro atoms. The highest BCUT2D eigenvalue weighted by atomic mass is 35.5. The number of esters is 1. The fraction of sp³-hybridized carbons (Fsp3) is 0.0833. The molecule has 1 aromatic heterocycles. The van der Waals surface area contributed by atoms with Crippen LogP contribution in [0.25, 0.3) is 5.69 Å². The molecule has 6 heteroatoms. The SMILES string of the molecule is Cc1ccc(C(=O)Oc2c(Sc3ccc(Cl)cc3)c(C)nn2-c2ccccc2)cc1. The van der Waals surface area contributed by atoms with Gasteiger partial charge in [-0.25, -0.2) is 4.79 Å². The smallest absolute Gasteiger partial charge is 0.344 e. The third-order valence-electron chi connectivity index (χ3n) is 4.48. The number of aromatic nitrogens is 2. The van der Waals surface area contributed by atoms with Crippen molar-refractivity contribution >= 4 is 29.3 Å². The van der Waals surface area contributed by atoms with E-state index >= 15 is 0 Å². The molecule has 0 N–H and O–H groups in total. The molecule has 1 heterocycles. The van der Waals surface area contributed by atoms with Gasteiger partial charge in [0.15, 0.2) is 0 Å². The van der Waals surface area contributed by atoms with Crippen LogP contribution in [0.15, 0.2) is 88.7 Å². The van der Waals surface area contributed by atoms with Gasteiger partial charge in [0.05, 0.1) is 21.8 Å². The second-order valence-electron chi connectivity index (χ2n) is 6.78. The number of benzene rings is 3. The first-order valence-corrected chi connectivity index (χ1v) is 10.6. The Bertz CT molecular complexity index is 1170. The van der Waals surface area contributed by atoms with Crippen LogP contribution in [0.3, 0.4) is 0 Å². The van der Waals surface area contributed by atoms with Gasteiger partial charge in [0.1, 0.15) is 0 Å². The van der Waals surface area contributed by atoms with Crippen LogP contribution < -0.4 is 4.74 Å². The molecular formula is C24H19ClN2O2S. The molecule has 0 aliphatic rings. The van der Waals surface area contributed by atoms with E-state index in [-0.39, 0.29) is 0 Å². The third kappa shape index (κ3) is 4.42. The second kappa shape index (κ2) is 8.78. The van der Waals surface area contributed by atoms with Gasteiger partial charge in [-0.15, -0.1) is 0 Å². The number of hydrogen-bond donors (Lipinski definition) is 0. The summed E-state index contributed by atoms with van der Waals surface area (Å²) < 4.78 is 7.55. The average molecular weight is 435 g/mol. The van der Waals surface area contributed by atoms with E-state index < -0.39 is 5.97 Å². The van der Waals surface area contributed by atoms with E-state index in [4.69, 9.17) is 16.3 Å². The zero-order valence-corrected chi connectivity index (χ0v) is 18.1. The van der Waals surface area contributed by atoms with Crippen molar-refractivity contribution in [3.63, 3.8) is 0 Å². The fourth-order valence-corrected chi connectivity index (χ4v) is 3.94. The number of para-hydroxylation sites is 1. The Balaban J connectivity index is 1.75. The minimum Gasteiger partial charge on any atom is -0.402 e. The van der Waals surface area contributed by atoms with Gasteiger partial charge < -0.3 is 4.74 Å². The van der Waals surface area contributed by atoms with E-state index in [1.54, 1.807) is 16.8 Å². The highest BCUT2D eigenvalue weighted by Crippen LogP contribution is 2.39. The van der Waals surface area contributed by atoms with E-state index in [1.807, 2.05) is 80.6 Å². The van der Waals surface area contributed by atoms with Crippen LogP contribution in [0, 0.1) is 13.8 Å². The Kier molecular flexibility index (Phi) is 5.93. The third-order valence-corrected chi connectivity index (χ3v) is 5.91. The number of nitrogens with zero attached hydrogens (tertiary/aromatic N) is 2. The standard InChI is InChI=1S/C24H19ClN2O2S/c1-16-8-10-18(11-9-16)24(28)29-23-22(30-21-14-12-19(25)13-15-21)17(2)26-27(23)20-6-4-3-5-7-20/h3-15H,1-2H3. The molecule has 3 aromatic carbocycles. The molecular weight excluding hydrogens is 416 g/mol. The quantitative estimate of drug-likeness (QED) is 0.336. The number of carbonyl (C=O) groups excluding carboxylic acids is 1. The van der Waals surface area contributed by atoms with Crippen molar-refractivity contribution in [2.75, 3.05) is 0 Å². The second-order valence-corrected chi connectivity index (χ2v) is 8.30. The van der Waals surface area contributed by atoms with E-state index in [0.29, 0.717) is 16.5 Å². The van der Waals surface area contributed by atoms with Crippen LogP contribution >= 0.6 is 23.4 Å². The Hall–Kier alpha value is -3.02. The van der Waals surface area contributed by atoms with E-state index in [2.05, 4.69) is 5.10 Å². The molecule has 0 saturated carbocycles. The minimum atomic E-state index is -0.426. The Morgan fingerprint density at radius 3 is 2.27 bits per heavy atom. The summed E-state index contributed by atoms with van der Waals surface area (Å²) >= 11 is 7.50. The number of ether oxygens (including phenoxy) is 1. The molecule has 4 rings (SSSR count). The molecule has 0 amide bonds. The molecule has 0 atom stereocenters. The lowest BCUT2D eigenvalue weighted by Gasteiger charge is -2.10. The van der Waals surface area contributed by atoms with Crippen molar-refractivity contribution in [2.45, 2.75) is 23.6 Å². The maximum atomic E-state index is 12.9. The van der Waals surface area contributed by atoms with Gasteiger partial charge in [-0.1, -0.05) is 59.3 Å². The molecule has 0 aliphatic carbocycles. The zero-order chi connectivity index (χ0) is 21.1. The van der Waals surface area contributed by atoms with Crippen LogP contribution in [-0.4, -0.2) is 15.7 Å². The lowest BCUT2D eigenvalue weighted by molar-refractivity contribution is 0.0718. The van der Waals surface area contributed by atoms with E-state index in [9.17, 15) is 4.79 Å². The summed E-state index contributed by atoms with van der Waals surface area (Å²) in [5.41, 5.74) is 3.15. The molecule has 150 valence electrons. The van der Waals surface area contributed by atoms with Gasteiger partial charge in [0, 0.05) is 9.92 Å². The normalized spacial score (nSPS) is 10.8. The zero-order valence-electron chi connectivity index (χ0n) is 16.5. The highest BCUT2D eigenvalue weighted by molar-refractivity contribution is 7.99. The first kappa shape index (κ1) is 20.3. The number of halogens is 1. The summed E-state index contributed by atoms with van der Waals surface area (Å²) in [6.07, 6.45) is 0. The number of rotatable bonds is 5. The molecule has 0 saturated heterocycles. The number of hydrogen-bond acceptors (Lipinski definition) is 4. The first-order chi connectivity index (χ1) is 14.5. The molecule has 0 unspecified atom stereocenters. The van der Waals surface area contributed by atoms with Crippen molar-refractivity contribution in [2.24, 2.45) is 0 Å². The largest absolute Gasteiger partial charge is 0.402 e. The summed E-state index contributed by atoms with van der Waals surface area (Å²) in [5, 5.41) is 5.32. The van der Waals surface area contributed by atoms with E-state index in [1.165, 1.54) is 11.8 Å². The average Bonchev–Trinajstić information content (AvgIpc) is 3.06. The number of carbonyl (C=O) groups is 1. The molecule has 4 aromatic rings. The molecule has 30 heavy (non-hydrogen) atoms. The maximum Gasteiger partial charge on any atom is 0.344 e. The number of aryl methyl sites for hydroxylation is 2. The Morgan fingerprint density at radius 1 is 0.933 bits per heavy atom. The molecule has 0 bridgehead atoms. The van der Waals surface area contributed by atoms with Crippen LogP contribution in [0.4, 0.5) is 0 Å². The van der Waals surface area contributed by atoms with Gasteiger partial charge in [-0.3, -0.25) is 0 Å². The predicted molar refractivity (Wildman–Crippen MR) is 120 cm³/mol. The molecule has 0 aliphatic heterocycles.